The lowest BCUT2D eigenvalue weighted by molar-refractivity contribution is 0.0602. The predicted molar refractivity (Wildman–Crippen MR) is 105 cm³/mol. The highest BCUT2D eigenvalue weighted by Crippen LogP contribution is 2.27. The Labute approximate surface area is 154 Å². The van der Waals surface area contributed by atoms with Crippen LogP contribution in [0.3, 0.4) is 0 Å². The predicted octanol–water partition coefficient (Wildman–Crippen LogP) is 5.02. The minimum atomic E-state index is -0.340. The summed E-state index contributed by atoms with van der Waals surface area (Å²) in [6.07, 6.45) is 2.98. The van der Waals surface area contributed by atoms with Crippen LogP contribution in [0.4, 0.5) is 0 Å². The topological polar surface area (TPSA) is 31.2 Å². The Kier molecular flexibility index (Phi) is 5.76. The quantitative estimate of drug-likeness (QED) is 0.369. The van der Waals surface area contributed by atoms with E-state index in [4.69, 9.17) is 4.74 Å². The van der Waals surface area contributed by atoms with Crippen molar-refractivity contribution < 1.29 is 9.53 Å². The fourth-order valence-electron chi connectivity index (χ4n) is 3.08. The van der Waals surface area contributed by atoms with Gasteiger partial charge in [-0.25, -0.2) is 4.79 Å². The number of rotatable bonds is 5. The van der Waals surface area contributed by atoms with Crippen LogP contribution in [-0.2, 0) is 11.3 Å². The monoisotopic (exact) mass is 345 g/mol. The van der Waals surface area contributed by atoms with E-state index in [1.54, 1.807) is 0 Å². The van der Waals surface area contributed by atoms with Crippen molar-refractivity contribution in [1.29, 1.82) is 0 Å². The van der Waals surface area contributed by atoms with Crippen molar-refractivity contribution in [3.63, 3.8) is 0 Å². The highest BCUT2D eigenvalue weighted by atomic mass is 16.5. The van der Waals surface area contributed by atoms with Gasteiger partial charge in [0.15, 0.2) is 0 Å². The molecular weight excluding hydrogens is 322 g/mol. The average Bonchev–Trinajstić information content (AvgIpc) is 2.99. The lowest BCUT2D eigenvalue weighted by Crippen LogP contribution is -2.07. The zero-order valence-corrected chi connectivity index (χ0v) is 15.3. The van der Waals surface area contributed by atoms with Crippen LogP contribution in [0.5, 0.6) is 0 Å². The summed E-state index contributed by atoms with van der Waals surface area (Å²) in [6.45, 7) is 2.81. The summed E-state index contributed by atoms with van der Waals surface area (Å²) in [7, 11) is 1.42. The Morgan fingerprint density at radius 1 is 1.08 bits per heavy atom. The molecule has 3 rings (SSSR count). The maximum Gasteiger partial charge on any atom is 0.341 e. The summed E-state index contributed by atoms with van der Waals surface area (Å²) in [5, 5.41) is 0.884. The molecule has 0 unspecified atom stereocenters. The second-order valence-corrected chi connectivity index (χ2v) is 6.21. The second kappa shape index (κ2) is 8.40. The lowest BCUT2D eigenvalue weighted by atomic mass is 10.1. The van der Waals surface area contributed by atoms with Crippen molar-refractivity contribution in [3.8, 4) is 11.8 Å². The smallest absolute Gasteiger partial charge is 0.341 e. The third kappa shape index (κ3) is 3.65. The van der Waals surface area contributed by atoms with E-state index < -0.39 is 0 Å². The van der Waals surface area contributed by atoms with Gasteiger partial charge in [-0.05, 0) is 24.0 Å². The van der Waals surface area contributed by atoms with Crippen LogP contribution in [0.1, 0.15) is 47.8 Å². The fraction of sp³-hybridized carbons (Fsp3) is 0.261. The number of benzene rings is 2. The van der Waals surface area contributed by atoms with Gasteiger partial charge >= 0.3 is 5.97 Å². The van der Waals surface area contributed by atoms with Crippen molar-refractivity contribution in [2.24, 2.45) is 0 Å². The number of fused-ring (bicyclic) bond motifs is 1. The van der Waals surface area contributed by atoms with E-state index in [1.807, 2.05) is 42.5 Å². The van der Waals surface area contributed by atoms with Gasteiger partial charge in [-0.3, -0.25) is 0 Å². The maximum absolute atomic E-state index is 12.5. The first-order valence-corrected chi connectivity index (χ1v) is 8.98. The Morgan fingerprint density at radius 3 is 2.54 bits per heavy atom. The molecule has 0 aliphatic carbocycles. The van der Waals surface area contributed by atoms with Crippen LogP contribution in [0.2, 0.25) is 0 Å². The lowest BCUT2D eigenvalue weighted by Gasteiger charge is -2.08. The number of para-hydroxylation sites is 1. The minimum absolute atomic E-state index is 0.340. The van der Waals surface area contributed by atoms with Crippen molar-refractivity contribution in [1.82, 2.24) is 4.57 Å². The van der Waals surface area contributed by atoms with Gasteiger partial charge in [0.1, 0.15) is 11.3 Å². The molecule has 0 aliphatic heterocycles. The van der Waals surface area contributed by atoms with Crippen LogP contribution >= 0.6 is 0 Å². The molecule has 3 nitrogen and oxygen atoms in total. The normalized spacial score (nSPS) is 10.4. The first-order chi connectivity index (χ1) is 12.8. The SMILES string of the molecule is CCCCC#Cc1c(C(=O)OC)c2ccccc2n1Cc1ccccc1. The van der Waals surface area contributed by atoms with Crippen molar-refractivity contribution >= 4 is 16.9 Å². The Hall–Kier alpha value is -2.99. The van der Waals surface area contributed by atoms with Crippen LogP contribution < -0.4 is 0 Å². The van der Waals surface area contributed by atoms with Crippen LogP contribution in [0.15, 0.2) is 54.6 Å². The molecule has 26 heavy (non-hydrogen) atoms. The van der Waals surface area contributed by atoms with Gasteiger partial charge in [0.2, 0.25) is 0 Å². The third-order valence-corrected chi connectivity index (χ3v) is 4.41. The standard InChI is InChI=1S/C23H23NO2/c1-3-4-5-9-16-21-22(23(25)26-2)19-14-10-11-15-20(19)24(21)17-18-12-7-6-8-13-18/h6-8,10-15H,3-5,17H2,1-2H3. The van der Waals surface area contributed by atoms with Crippen molar-refractivity contribution in [2.45, 2.75) is 32.7 Å². The number of carbonyl (C=O) groups is 1. The largest absolute Gasteiger partial charge is 0.465 e. The number of aromatic nitrogens is 1. The molecule has 0 N–H and O–H groups in total. The Morgan fingerprint density at radius 2 is 1.81 bits per heavy atom. The third-order valence-electron chi connectivity index (χ3n) is 4.41. The molecule has 0 fully saturated rings. The highest BCUT2D eigenvalue weighted by molar-refractivity contribution is 6.07. The van der Waals surface area contributed by atoms with E-state index in [2.05, 4.69) is 35.5 Å². The first-order valence-electron chi connectivity index (χ1n) is 8.98. The van der Waals surface area contributed by atoms with Gasteiger partial charge in [0.05, 0.1) is 12.6 Å². The van der Waals surface area contributed by atoms with Gasteiger partial charge in [-0.1, -0.05) is 67.8 Å². The van der Waals surface area contributed by atoms with Gasteiger partial charge in [-0.15, -0.1) is 0 Å². The zero-order valence-electron chi connectivity index (χ0n) is 15.3. The van der Waals surface area contributed by atoms with Crippen molar-refractivity contribution in [2.75, 3.05) is 7.11 Å². The molecule has 0 saturated carbocycles. The van der Waals surface area contributed by atoms with E-state index in [0.29, 0.717) is 12.1 Å². The number of unbranched alkanes of at least 4 members (excludes halogenated alkanes) is 2. The Bertz CT molecular complexity index is 958. The van der Waals surface area contributed by atoms with E-state index in [1.165, 1.54) is 12.7 Å². The summed E-state index contributed by atoms with van der Waals surface area (Å²) in [5.41, 5.74) is 3.46. The van der Waals surface area contributed by atoms with Gasteiger partial charge in [0.25, 0.3) is 0 Å². The summed E-state index contributed by atoms with van der Waals surface area (Å²) in [6, 6.07) is 18.1. The van der Waals surface area contributed by atoms with Crippen LogP contribution in [0.25, 0.3) is 10.9 Å². The molecule has 0 bridgehead atoms. The zero-order chi connectivity index (χ0) is 18.4. The number of hydrogen-bond acceptors (Lipinski definition) is 2. The molecule has 0 radical (unpaired) electrons. The molecule has 0 amide bonds. The number of hydrogen-bond donors (Lipinski definition) is 0. The summed E-state index contributed by atoms with van der Waals surface area (Å²) >= 11 is 0. The van der Waals surface area contributed by atoms with Gasteiger partial charge < -0.3 is 9.30 Å². The molecule has 132 valence electrons. The number of nitrogens with zero attached hydrogens (tertiary/aromatic N) is 1. The van der Waals surface area contributed by atoms with Crippen LogP contribution in [0, 0.1) is 11.8 Å². The molecule has 0 aliphatic rings. The fourth-order valence-corrected chi connectivity index (χ4v) is 3.08. The molecule has 1 aromatic heterocycles. The molecule has 0 atom stereocenters. The van der Waals surface area contributed by atoms with Gasteiger partial charge in [-0.2, -0.15) is 0 Å². The number of ether oxygens (including phenoxy) is 1. The summed E-state index contributed by atoms with van der Waals surface area (Å²) < 4.78 is 7.18. The minimum Gasteiger partial charge on any atom is -0.465 e. The number of esters is 1. The van der Waals surface area contributed by atoms with E-state index in [-0.39, 0.29) is 5.97 Å². The molecular formula is C23H23NO2. The number of methoxy groups -OCH3 is 1. The molecule has 3 heteroatoms. The van der Waals surface area contributed by atoms with Crippen LogP contribution in [-0.4, -0.2) is 17.6 Å². The maximum atomic E-state index is 12.5. The van der Waals surface area contributed by atoms with E-state index in [9.17, 15) is 4.79 Å². The molecule has 3 aromatic rings. The first kappa shape index (κ1) is 17.8. The Balaban J connectivity index is 2.18. The summed E-state index contributed by atoms with van der Waals surface area (Å²) in [5.74, 6) is 6.14. The number of carbonyl (C=O) groups excluding carboxylic acids is 1. The summed E-state index contributed by atoms with van der Waals surface area (Å²) in [4.78, 5) is 12.5. The molecule has 0 saturated heterocycles. The molecule has 2 aromatic carbocycles. The highest BCUT2D eigenvalue weighted by Gasteiger charge is 2.22. The average molecular weight is 345 g/mol. The molecule has 0 spiro atoms. The van der Waals surface area contributed by atoms with Crippen molar-refractivity contribution in [3.05, 3.63) is 71.4 Å². The molecule has 1 heterocycles. The van der Waals surface area contributed by atoms with Gasteiger partial charge in [0, 0.05) is 18.4 Å². The van der Waals surface area contributed by atoms with E-state index >= 15 is 0 Å². The van der Waals surface area contributed by atoms with E-state index in [0.717, 1.165) is 35.9 Å². The second-order valence-electron chi connectivity index (χ2n) is 6.21.